The van der Waals surface area contributed by atoms with Gasteiger partial charge in [-0.15, -0.1) is 0 Å². The van der Waals surface area contributed by atoms with Gasteiger partial charge in [0.1, 0.15) is 5.75 Å². The second-order valence-corrected chi connectivity index (χ2v) is 5.39. The van der Waals surface area contributed by atoms with Crippen LogP contribution in [-0.2, 0) is 11.3 Å². The fraction of sp³-hybridized carbons (Fsp3) is 0.500. The van der Waals surface area contributed by atoms with Crippen LogP contribution < -0.4 is 10.6 Å². The van der Waals surface area contributed by atoms with Crippen molar-refractivity contribution in [3.05, 3.63) is 29.8 Å². The lowest BCUT2D eigenvalue weighted by Crippen LogP contribution is -2.41. The summed E-state index contributed by atoms with van der Waals surface area (Å²) in [5.41, 5.74) is 0.827. The summed E-state index contributed by atoms with van der Waals surface area (Å²) in [6, 6.07) is 7.09. The Balaban J connectivity index is 2.21. The molecule has 0 saturated heterocycles. The topological polar surface area (TPSA) is 61.4 Å². The Hall–Kier alpha value is -1.55. The van der Waals surface area contributed by atoms with Crippen molar-refractivity contribution in [2.24, 2.45) is 0 Å². The molecule has 0 unspecified atom stereocenters. The first-order chi connectivity index (χ1) is 8.37. The molecule has 0 atom stereocenters. The number of phenols is 1. The molecular weight excluding hydrogens is 228 g/mol. The number of benzene rings is 1. The van der Waals surface area contributed by atoms with Gasteiger partial charge in [-0.2, -0.15) is 0 Å². The number of carbonyl (C=O) groups excluding carboxylic acids is 1. The maximum Gasteiger partial charge on any atom is 0.221 e. The molecule has 0 fully saturated rings. The smallest absolute Gasteiger partial charge is 0.221 e. The standard InChI is InChI=1S/C14H22N2O2/c1-14(2,3)16-13(18)7-8-15-10-11-5-4-6-12(17)9-11/h4-6,9,15,17H,7-8,10H2,1-3H3,(H,16,18). The monoisotopic (exact) mass is 250 g/mol. The van der Waals surface area contributed by atoms with Gasteiger partial charge in [-0.05, 0) is 38.5 Å². The van der Waals surface area contributed by atoms with Crippen molar-refractivity contribution >= 4 is 5.91 Å². The normalized spacial score (nSPS) is 11.3. The van der Waals surface area contributed by atoms with Crippen LogP contribution in [0.1, 0.15) is 32.8 Å². The van der Waals surface area contributed by atoms with Crippen LogP contribution >= 0.6 is 0 Å². The van der Waals surface area contributed by atoms with Gasteiger partial charge in [0.2, 0.25) is 5.91 Å². The Morgan fingerprint density at radius 3 is 2.67 bits per heavy atom. The molecule has 4 nitrogen and oxygen atoms in total. The summed E-state index contributed by atoms with van der Waals surface area (Å²) < 4.78 is 0. The summed E-state index contributed by atoms with van der Waals surface area (Å²) in [5, 5.41) is 15.4. The number of nitrogens with one attached hydrogen (secondary N) is 2. The third-order valence-electron chi connectivity index (χ3n) is 2.28. The maximum absolute atomic E-state index is 11.5. The zero-order valence-electron chi connectivity index (χ0n) is 11.3. The van der Waals surface area contributed by atoms with E-state index in [1.165, 1.54) is 0 Å². The summed E-state index contributed by atoms with van der Waals surface area (Å²) in [4.78, 5) is 11.5. The minimum Gasteiger partial charge on any atom is -0.508 e. The van der Waals surface area contributed by atoms with Crippen LogP contribution in [0.25, 0.3) is 0 Å². The van der Waals surface area contributed by atoms with E-state index in [0.717, 1.165) is 5.56 Å². The first-order valence-electron chi connectivity index (χ1n) is 6.16. The van der Waals surface area contributed by atoms with E-state index in [0.29, 0.717) is 19.5 Å². The molecule has 4 heteroatoms. The summed E-state index contributed by atoms with van der Waals surface area (Å²) in [7, 11) is 0. The van der Waals surface area contributed by atoms with Crippen LogP contribution in [-0.4, -0.2) is 23.1 Å². The molecule has 1 rings (SSSR count). The van der Waals surface area contributed by atoms with Gasteiger partial charge in [0.05, 0.1) is 0 Å². The van der Waals surface area contributed by atoms with Crippen molar-refractivity contribution in [3.63, 3.8) is 0 Å². The third-order valence-corrected chi connectivity index (χ3v) is 2.28. The van der Waals surface area contributed by atoms with E-state index in [-0.39, 0.29) is 17.2 Å². The summed E-state index contributed by atoms with van der Waals surface area (Å²) in [5.74, 6) is 0.311. The lowest BCUT2D eigenvalue weighted by molar-refractivity contribution is -0.122. The Morgan fingerprint density at radius 1 is 1.33 bits per heavy atom. The number of rotatable bonds is 5. The van der Waals surface area contributed by atoms with Crippen LogP contribution in [0.15, 0.2) is 24.3 Å². The Kier molecular flexibility index (Phi) is 5.16. The molecule has 1 aromatic carbocycles. The molecule has 0 aromatic heterocycles. The molecule has 1 aromatic rings. The van der Waals surface area contributed by atoms with Crippen molar-refractivity contribution in [3.8, 4) is 5.75 Å². The van der Waals surface area contributed by atoms with Crippen LogP contribution in [0.3, 0.4) is 0 Å². The molecule has 1 amide bonds. The molecule has 3 N–H and O–H groups in total. The van der Waals surface area contributed by atoms with Crippen molar-refractivity contribution < 1.29 is 9.90 Å². The SMILES string of the molecule is CC(C)(C)NC(=O)CCNCc1cccc(O)c1. The van der Waals surface area contributed by atoms with E-state index in [1.807, 2.05) is 26.8 Å². The fourth-order valence-corrected chi connectivity index (χ4v) is 1.58. The van der Waals surface area contributed by atoms with Crippen LogP contribution in [0.5, 0.6) is 5.75 Å². The third kappa shape index (κ3) is 6.25. The van der Waals surface area contributed by atoms with E-state index in [9.17, 15) is 9.90 Å². The van der Waals surface area contributed by atoms with Crippen LogP contribution in [0, 0.1) is 0 Å². The summed E-state index contributed by atoms with van der Waals surface area (Å²) >= 11 is 0. The molecule has 0 spiro atoms. The Labute approximate surface area is 108 Å². The van der Waals surface area contributed by atoms with Gasteiger partial charge >= 0.3 is 0 Å². The van der Waals surface area contributed by atoms with Gasteiger partial charge in [0.15, 0.2) is 0 Å². The predicted octanol–water partition coefficient (Wildman–Crippen LogP) is 1.79. The van der Waals surface area contributed by atoms with Crippen molar-refractivity contribution in [1.82, 2.24) is 10.6 Å². The number of hydrogen-bond donors (Lipinski definition) is 3. The van der Waals surface area contributed by atoms with E-state index in [4.69, 9.17) is 0 Å². The predicted molar refractivity (Wildman–Crippen MR) is 72.3 cm³/mol. The van der Waals surface area contributed by atoms with E-state index in [2.05, 4.69) is 10.6 Å². The van der Waals surface area contributed by atoms with Gasteiger partial charge < -0.3 is 15.7 Å². The number of amides is 1. The average molecular weight is 250 g/mol. The van der Waals surface area contributed by atoms with Gasteiger partial charge in [-0.25, -0.2) is 0 Å². The maximum atomic E-state index is 11.5. The highest BCUT2D eigenvalue weighted by Crippen LogP contribution is 2.10. The zero-order chi connectivity index (χ0) is 13.6. The largest absolute Gasteiger partial charge is 0.508 e. The number of carbonyl (C=O) groups is 1. The zero-order valence-corrected chi connectivity index (χ0v) is 11.3. The van der Waals surface area contributed by atoms with Gasteiger partial charge in [-0.1, -0.05) is 12.1 Å². The molecule has 100 valence electrons. The minimum absolute atomic E-state index is 0.0471. The molecule has 0 aliphatic heterocycles. The van der Waals surface area contributed by atoms with Crippen LogP contribution in [0.2, 0.25) is 0 Å². The van der Waals surface area contributed by atoms with Gasteiger partial charge in [-0.3, -0.25) is 4.79 Å². The number of phenolic OH excluding ortho intramolecular Hbond substituents is 1. The average Bonchev–Trinajstić information content (AvgIpc) is 2.22. The first kappa shape index (κ1) is 14.5. The van der Waals surface area contributed by atoms with Gasteiger partial charge in [0, 0.05) is 25.0 Å². The molecule has 18 heavy (non-hydrogen) atoms. The molecule has 0 saturated carbocycles. The molecule has 0 heterocycles. The summed E-state index contributed by atoms with van der Waals surface area (Å²) in [6.45, 7) is 7.16. The van der Waals surface area contributed by atoms with Crippen molar-refractivity contribution in [1.29, 1.82) is 0 Å². The fourth-order valence-electron chi connectivity index (χ4n) is 1.58. The van der Waals surface area contributed by atoms with Crippen LogP contribution in [0.4, 0.5) is 0 Å². The number of hydrogen-bond acceptors (Lipinski definition) is 3. The molecular formula is C14H22N2O2. The second-order valence-electron chi connectivity index (χ2n) is 5.39. The van der Waals surface area contributed by atoms with E-state index >= 15 is 0 Å². The molecule has 0 aliphatic rings. The Bertz CT molecular complexity index is 397. The van der Waals surface area contributed by atoms with Gasteiger partial charge in [0.25, 0.3) is 0 Å². The Morgan fingerprint density at radius 2 is 2.06 bits per heavy atom. The lowest BCUT2D eigenvalue weighted by Gasteiger charge is -2.20. The summed E-state index contributed by atoms with van der Waals surface area (Å²) in [6.07, 6.45) is 0.454. The number of aromatic hydroxyl groups is 1. The van der Waals surface area contributed by atoms with Crippen molar-refractivity contribution in [2.75, 3.05) is 6.54 Å². The highest BCUT2D eigenvalue weighted by molar-refractivity contribution is 5.76. The quantitative estimate of drug-likeness (QED) is 0.698. The highest BCUT2D eigenvalue weighted by Gasteiger charge is 2.12. The molecule has 0 bridgehead atoms. The van der Waals surface area contributed by atoms with Crippen molar-refractivity contribution in [2.45, 2.75) is 39.3 Å². The van der Waals surface area contributed by atoms with E-state index in [1.54, 1.807) is 18.2 Å². The second kappa shape index (κ2) is 6.40. The highest BCUT2D eigenvalue weighted by atomic mass is 16.3. The lowest BCUT2D eigenvalue weighted by atomic mass is 10.1. The molecule has 0 radical (unpaired) electrons. The van der Waals surface area contributed by atoms with E-state index < -0.39 is 0 Å². The first-order valence-corrected chi connectivity index (χ1v) is 6.16. The minimum atomic E-state index is -0.178. The molecule has 0 aliphatic carbocycles.